The van der Waals surface area contributed by atoms with E-state index in [1.807, 2.05) is 67.6 Å². The van der Waals surface area contributed by atoms with E-state index in [9.17, 15) is 0 Å². The van der Waals surface area contributed by atoms with Crippen molar-refractivity contribution in [3.63, 3.8) is 0 Å². The minimum Gasteiger partial charge on any atom is -0.441 e. The van der Waals surface area contributed by atoms with Crippen LogP contribution >= 0.6 is 35.1 Å². The van der Waals surface area contributed by atoms with Crippen LogP contribution in [0.3, 0.4) is 0 Å². The summed E-state index contributed by atoms with van der Waals surface area (Å²) in [4.78, 5) is 13.4. The minimum absolute atomic E-state index is 0.650. The molecule has 0 spiro atoms. The van der Waals surface area contributed by atoms with Crippen LogP contribution in [0.15, 0.2) is 81.5 Å². The number of nitrogens with zero attached hydrogens (tertiary/aromatic N) is 3. The molecular weight excluding hydrogens is 422 g/mol. The Morgan fingerprint density at radius 2 is 1.59 bits per heavy atom. The molecule has 0 bridgehead atoms. The molecule has 0 saturated heterocycles. The lowest BCUT2D eigenvalue weighted by molar-refractivity contribution is 0.540. The third kappa shape index (κ3) is 5.21. The minimum atomic E-state index is 0.650. The normalized spacial score (nSPS) is 11.0. The van der Waals surface area contributed by atoms with Gasteiger partial charge in [0.05, 0.1) is 5.69 Å². The summed E-state index contributed by atoms with van der Waals surface area (Å²) < 4.78 is 5.84. The first-order chi connectivity index (χ1) is 14.2. The van der Waals surface area contributed by atoms with Gasteiger partial charge in [-0.3, -0.25) is 0 Å². The number of rotatable bonds is 7. The fourth-order valence-corrected chi connectivity index (χ4v) is 4.75. The molecule has 4 aromatic rings. The van der Waals surface area contributed by atoms with Gasteiger partial charge in [-0.15, -0.1) is 11.8 Å². The molecule has 7 heteroatoms. The van der Waals surface area contributed by atoms with Gasteiger partial charge in [0.25, 0.3) is 0 Å². The largest absolute Gasteiger partial charge is 0.441 e. The van der Waals surface area contributed by atoms with E-state index in [1.54, 1.807) is 29.9 Å². The van der Waals surface area contributed by atoms with Crippen molar-refractivity contribution in [3.8, 4) is 11.5 Å². The van der Waals surface area contributed by atoms with Gasteiger partial charge in [0, 0.05) is 28.2 Å². The lowest BCUT2D eigenvalue weighted by atomic mass is 10.2. The molecule has 146 valence electrons. The van der Waals surface area contributed by atoms with Crippen molar-refractivity contribution in [3.05, 3.63) is 89.0 Å². The number of benzene rings is 2. The van der Waals surface area contributed by atoms with Gasteiger partial charge in [0.2, 0.25) is 5.89 Å². The van der Waals surface area contributed by atoms with Crippen molar-refractivity contribution in [1.29, 1.82) is 0 Å². The molecule has 0 aliphatic heterocycles. The van der Waals surface area contributed by atoms with Crippen LogP contribution < -0.4 is 0 Å². The third-order valence-corrected chi connectivity index (χ3v) is 6.50. The molecule has 29 heavy (non-hydrogen) atoms. The van der Waals surface area contributed by atoms with Crippen molar-refractivity contribution in [2.75, 3.05) is 0 Å². The first kappa shape index (κ1) is 20.0. The zero-order chi connectivity index (χ0) is 20.1. The molecule has 0 fully saturated rings. The highest BCUT2D eigenvalue weighted by Crippen LogP contribution is 2.30. The molecule has 2 aromatic heterocycles. The average Bonchev–Trinajstić information content (AvgIpc) is 3.13. The molecular formula is C22H18ClN3OS2. The third-order valence-electron chi connectivity index (χ3n) is 4.22. The SMILES string of the molecule is Cc1oc(-c2ccccc2)nc1CSc1cc(SCc2ccccc2Cl)ncn1. The number of aromatic nitrogens is 3. The Kier molecular flexibility index (Phi) is 6.54. The highest BCUT2D eigenvalue weighted by atomic mass is 35.5. The molecule has 0 radical (unpaired) electrons. The van der Waals surface area contributed by atoms with Crippen molar-refractivity contribution >= 4 is 35.1 Å². The summed E-state index contributed by atoms with van der Waals surface area (Å²) in [5.41, 5.74) is 3.00. The lowest BCUT2D eigenvalue weighted by Crippen LogP contribution is -1.90. The number of aryl methyl sites for hydroxylation is 1. The van der Waals surface area contributed by atoms with Gasteiger partial charge in [-0.05, 0) is 30.7 Å². The van der Waals surface area contributed by atoms with Gasteiger partial charge in [0.1, 0.15) is 22.1 Å². The van der Waals surface area contributed by atoms with E-state index >= 15 is 0 Å². The predicted molar refractivity (Wildman–Crippen MR) is 119 cm³/mol. The molecule has 0 aliphatic rings. The van der Waals surface area contributed by atoms with Gasteiger partial charge in [-0.2, -0.15) is 0 Å². The number of halogens is 1. The monoisotopic (exact) mass is 439 g/mol. The summed E-state index contributed by atoms with van der Waals surface area (Å²) in [5, 5.41) is 2.61. The summed E-state index contributed by atoms with van der Waals surface area (Å²) in [6.07, 6.45) is 1.60. The molecule has 0 unspecified atom stereocenters. The second-order valence-electron chi connectivity index (χ2n) is 6.25. The van der Waals surface area contributed by atoms with Crippen LogP contribution in [-0.2, 0) is 11.5 Å². The van der Waals surface area contributed by atoms with E-state index in [4.69, 9.17) is 16.0 Å². The van der Waals surface area contributed by atoms with Gasteiger partial charge in [-0.1, -0.05) is 59.8 Å². The lowest BCUT2D eigenvalue weighted by Gasteiger charge is -2.05. The number of hydrogen-bond acceptors (Lipinski definition) is 6. The van der Waals surface area contributed by atoms with E-state index in [0.29, 0.717) is 11.6 Å². The van der Waals surface area contributed by atoms with E-state index < -0.39 is 0 Å². The van der Waals surface area contributed by atoms with Crippen LogP contribution in [0, 0.1) is 6.92 Å². The topological polar surface area (TPSA) is 51.8 Å². The van der Waals surface area contributed by atoms with Gasteiger partial charge >= 0.3 is 0 Å². The Morgan fingerprint density at radius 1 is 0.897 bits per heavy atom. The standard InChI is InChI=1S/C22H18ClN3OS2/c1-15-19(26-22(27-15)16-7-3-2-4-8-16)13-29-21-11-20(24-14-25-21)28-12-17-9-5-6-10-18(17)23/h2-11,14H,12-13H2,1H3. The molecule has 0 aliphatic carbocycles. The van der Waals surface area contributed by atoms with Crippen LogP contribution in [0.1, 0.15) is 17.0 Å². The van der Waals surface area contributed by atoms with E-state index in [2.05, 4.69) is 15.0 Å². The van der Waals surface area contributed by atoms with Crippen LogP contribution in [0.5, 0.6) is 0 Å². The van der Waals surface area contributed by atoms with E-state index in [0.717, 1.165) is 43.4 Å². The van der Waals surface area contributed by atoms with Crippen molar-refractivity contribution in [1.82, 2.24) is 15.0 Å². The maximum Gasteiger partial charge on any atom is 0.226 e. The summed E-state index contributed by atoms with van der Waals surface area (Å²) in [7, 11) is 0. The zero-order valence-corrected chi connectivity index (χ0v) is 18.1. The highest BCUT2D eigenvalue weighted by molar-refractivity contribution is 7.99. The molecule has 0 amide bonds. The number of hydrogen-bond donors (Lipinski definition) is 0. The predicted octanol–water partition coefficient (Wildman–Crippen LogP) is 6.68. The molecule has 2 heterocycles. The van der Waals surface area contributed by atoms with Crippen molar-refractivity contribution < 1.29 is 4.42 Å². The summed E-state index contributed by atoms with van der Waals surface area (Å²) in [6, 6.07) is 19.8. The van der Waals surface area contributed by atoms with Crippen LogP contribution in [-0.4, -0.2) is 15.0 Å². The summed E-state index contributed by atoms with van der Waals surface area (Å²) in [6.45, 7) is 1.94. The first-order valence-corrected chi connectivity index (χ1v) is 11.4. The quantitative estimate of drug-likeness (QED) is 0.236. The van der Waals surface area contributed by atoms with Crippen LogP contribution in [0.2, 0.25) is 5.02 Å². The maximum absolute atomic E-state index is 6.23. The highest BCUT2D eigenvalue weighted by Gasteiger charge is 2.12. The van der Waals surface area contributed by atoms with Crippen LogP contribution in [0.4, 0.5) is 0 Å². The second kappa shape index (κ2) is 9.48. The Labute approximate surface area is 183 Å². The van der Waals surface area contributed by atoms with Crippen LogP contribution in [0.25, 0.3) is 11.5 Å². The Bertz CT molecular complexity index is 1100. The Morgan fingerprint density at radius 3 is 2.34 bits per heavy atom. The Balaban J connectivity index is 1.40. The molecule has 0 N–H and O–H groups in total. The van der Waals surface area contributed by atoms with Gasteiger partial charge < -0.3 is 4.42 Å². The zero-order valence-electron chi connectivity index (χ0n) is 15.7. The average molecular weight is 440 g/mol. The maximum atomic E-state index is 6.23. The van der Waals surface area contributed by atoms with E-state index in [-0.39, 0.29) is 0 Å². The first-order valence-electron chi connectivity index (χ1n) is 9.02. The molecule has 4 nitrogen and oxygen atoms in total. The molecule has 0 saturated carbocycles. The molecule has 4 rings (SSSR count). The fraction of sp³-hybridized carbons (Fsp3) is 0.136. The Hall–Kier alpha value is -2.28. The fourth-order valence-electron chi connectivity index (χ4n) is 2.66. The number of thioether (sulfide) groups is 2. The smallest absolute Gasteiger partial charge is 0.226 e. The van der Waals surface area contributed by atoms with Gasteiger partial charge in [-0.25, -0.2) is 15.0 Å². The molecule has 0 atom stereocenters. The summed E-state index contributed by atoms with van der Waals surface area (Å²) in [5.74, 6) is 2.94. The summed E-state index contributed by atoms with van der Waals surface area (Å²) >= 11 is 9.50. The second-order valence-corrected chi connectivity index (χ2v) is 8.65. The molecule has 2 aromatic carbocycles. The van der Waals surface area contributed by atoms with Crippen molar-refractivity contribution in [2.24, 2.45) is 0 Å². The van der Waals surface area contributed by atoms with Gasteiger partial charge in [0.15, 0.2) is 0 Å². The number of oxazole rings is 1. The van der Waals surface area contributed by atoms with Crippen molar-refractivity contribution in [2.45, 2.75) is 28.5 Å². The van der Waals surface area contributed by atoms with E-state index in [1.165, 1.54) is 0 Å².